The van der Waals surface area contributed by atoms with E-state index in [1.165, 1.54) is 14.2 Å². The fourth-order valence-corrected chi connectivity index (χ4v) is 1.90. The molecule has 6 nitrogen and oxygen atoms in total. The van der Waals surface area contributed by atoms with Gasteiger partial charge in [-0.1, -0.05) is 0 Å². The summed E-state index contributed by atoms with van der Waals surface area (Å²) in [5.41, 5.74) is 0. The van der Waals surface area contributed by atoms with Crippen LogP contribution >= 0.6 is 0 Å². The van der Waals surface area contributed by atoms with Crippen LogP contribution in [0.2, 0.25) is 0 Å². The summed E-state index contributed by atoms with van der Waals surface area (Å²) in [5.74, 6) is -1.70. The highest BCUT2D eigenvalue weighted by molar-refractivity contribution is 5.76. The van der Waals surface area contributed by atoms with E-state index in [2.05, 4.69) is 4.74 Å². The van der Waals surface area contributed by atoms with E-state index in [0.717, 1.165) is 0 Å². The normalized spacial score (nSPS) is 46.2. The maximum absolute atomic E-state index is 11.6. The Bertz CT molecular complexity index is 333. The molecule has 92 valence electrons. The molecule has 2 aliphatic heterocycles. The van der Waals surface area contributed by atoms with Crippen molar-refractivity contribution in [3.63, 3.8) is 0 Å². The summed E-state index contributed by atoms with van der Waals surface area (Å²) in [7, 11) is 2.61. The van der Waals surface area contributed by atoms with Crippen molar-refractivity contribution in [1.82, 2.24) is 0 Å². The molecule has 0 amide bonds. The molecule has 2 fully saturated rings. The molecule has 0 N–H and O–H groups in total. The molecule has 0 bridgehead atoms. The molecule has 2 rings (SSSR count). The fraction of sp³-hybridized carbons (Fsp3) is 0.900. The minimum absolute atomic E-state index is 0.619. The van der Waals surface area contributed by atoms with Crippen molar-refractivity contribution in [3.05, 3.63) is 0 Å². The van der Waals surface area contributed by atoms with E-state index in [-0.39, 0.29) is 0 Å². The van der Waals surface area contributed by atoms with Crippen molar-refractivity contribution in [2.24, 2.45) is 0 Å². The Morgan fingerprint density at radius 1 is 1.31 bits per heavy atom. The lowest BCUT2D eigenvalue weighted by Crippen LogP contribution is -2.36. The van der Waals surface area contributed by atoms with Crippen LogP contribution < -0.4 is 0 Å². The van der Waals surface area contributed by atoms with Crippen molar-refractivity contribution in [1.29, 1.82) is 0 Å². The van der Waals surface area contributed by atoms with Gasteiger partial charge in [0.2, 0.25) is 0 Å². The van der Waals surface area contributed by atoms with Crippen molar-refractivity contribution >= 4 is 5.97 Å². The van der Waals surface area contributed by atoms with Crippen LogP contribution in [0.4, 0.5) is 0 Å². The minimum Gasteiger partial charge on any atom is -0.467 e. The molecule has 0 radical (unpaired) electrons. The standard InChI is InChI=1S/C10H16O6/c1-10(2)15-5-6(8(11)12-3)14-9(13-4)7(5)16-10/h5-7,9H,1-4H3/t5-,6+,7-,9-/m1/s1/i6D. The predicted octanol–water partition coefficient (Wildman–Crippen LogP) is 0.0508. The highest BCUT2D eigenvalue weighted by Crippen LogP contribution is 2.39. The van der Waals surface area contributed by atoms with Gasteiger partial charge in [-0.3, -0.25) is 0 Å². The van der Waals surface area contributed by atoms with Crippen LogP contribution in [0.25, 0.3) is 0 Å². The van der Waals surface area contributed by atoms with Crippen molar-refractivity contribution in [3.8, 4) is 0 Å². The lowest BCUT2D eigenvalue weighted by atomic mass is 10.1. The largest absolute Gasteiger partial charge is 0.467 e. The van der Waals surface area contributed by atoms with E-state index < -0.39 is 36.3 Å². The van der Waals surface area contributed by atoms with Gasteiger partial charge in [-0.25, -0.2) is 4.79 Å². The number of rotatable bonds is 2. The maximum atomic E-state index is 11.6. The highest BCUT2D eigenvalue weighted by atomic mass is 16.8. The van der Waals surface area contributed by atoms with Gasteiger partial charge >= 0.3 is 5.97 Å². The first kappa shape index (κ1) is 10.5. The highest BCUT2D eigenvalue weighted by Gasteiger charge is 2.58. The third-order valence-electron chi connectivity index (χ3n) is 2.52. The zero-order chi connectivity index (χ0) is 12.8. The summed E-state index contributed by atoms with van der Waals surface area (Å²) in [6.07, 6.45) is -4.26. The number of ether oxygens (including phenoxy) is 5. The summed E-state index contributed by atoms with van der Waals surface area (Å²) in [6, 6.07) is 0. The molecular weight excluding hydrogens is 216 g/mol. The summed E-state index contributed by atoms with van der Waals surface area (Å²) in [4.78, 5) is 11.6. The summed E-state index contributed by atoms with van der Waals surface area (Å²) >= 11 is 0. The molecule has 0 aromatic carbocycles. The van der Waals surface area contributed by atoms with Crippen molar-refractivity contribution in [2.45, 2.75) is 44.2 Å². The van der Waals surface area contributed by atoms with Gasteiger partial charge in [-0.2, -0.15) is 0 Å². The van der Waals surface area contributed by atoms with Crippen LogP contribution in [0.3, 0.4) is 0 Å². The molecule has 4 atom stereocenters. The van der Waals surface area contributed by atoms with Gasteiger partial charge in [0.15, 0.2) is 18.2 Å². The Hall–Kier alpha value is -0.690. The molecule has 0 aliphatic carbocycles. The number of hydrogen-bond acceptors (Lipinski definition) is 6. The van der Waals surface area contributed by atoms with Crippen LogP contribution in [0.1, 0.15) is 15.2 Å². The molecule has 0 aromatic heterocycles. The number of carbonyl (C=O) groups excluding carboxylic acids is 1. The second-order valence-electron chi connectivity index (χ2n) is 4.10. The third-order valence-corrected chi connectivity index (χ3v) is 2.52. The molecular formula is C10H16O6. The molecule has 0 aromatic rings. The second-order valence-corrected chi connectivity index (χ2v) is 4.10. The van der Waals surface area contributed by atoms with E-state index in [4.69, 9.17) is 20.3 Å². The van der Waals surface area contributed by atoms with Gasteiger partial charge in [0.05, 0.1) is 8.48 Å². The maximum Gasteiger partial charge on any atom is 0.337 e. The molecule has 6 heteroatoms. The van der Waals surface area contributed by atoms with Gasteiger partial charge in [-0.05, 0) is 13.8 Å². The molecule has 0 spiro atoms. The van der Waals surface area contributed by atoms with E-state index in [9.17, 15) is 4.79 Å². The molecule has 2 saturated heterocycles. The average Bonchev–Trinajstić information content (AvgIpc) is 2.72. The molecule has 2 aliphatic rings. The third kappa shape index (κ3) is 1.82. The zero-order valence-electron chi connectivity index (χ0n) is 10.7. The first-order chi connectivity index (χ1) is 7.84. The van der Waals surface area contributed by atoms with Gasteiger partial charge in [0.25, 0.3) is 0 Å². The number of methoxy groups -OCH3 is 2. The van der Waals surface area contributed by atoms with Crippen LogP contribution in [-0.4, -0.2) is 50.6 Å². The first-order valence-corrected chi connectivity index (χ1v) is 4.99. The summed E-state index contributed by atoms with van der Waals surface area (Å²) in [6.45, 7) is 3.41. The van der Waals surface area contributed by atoms with Crippen molar-refractivity contribution < 1.29 is 29.8 Å². The SMILES string of the molecule is [2H][C@]1(C(=O)OC)O[C@@H](OC)[C@@H]2OC(C)(C)O[C@@H]21. The van der Waals surface area contributed by atoms with Crippen LogP contribution in [0, 0.1) is 0 Å². The Kier molecular flexibility index (Phi) is 2.59. The second kappa shape index (κ2) is 3.96. The van der Waals surface area contributed by atoms with Gasteiger partial charge in [-0.15, -0.1) is 0 Å². The number of esters is 1. The number of carbonyl (C=O) groups is 1. The van der Waals surface area contributed by atoms with Crippen LogP contribution in [-0.2, 0) is 28.5 Å². The topological polar surface area (TPSA) is 63.2 Å². The van der Waals surface area contributed by atoms with Gasteiger partial charge in [0.1, 0.15) is 12.2 Å². The van der Waals surface area contributed by atoms with Crippen LogP contribution in [0.5, 0.6) is 0 Å². The lowest BCUT2D eigenvalue weighted by molar-refractivity contribution is -0.229. The number of hydrogen-bond donors (Lipinski definition) is 0. The monoisotopic (exact) mass is 233 g/mol. The molecule has 2 heterocycles. The average molecular weight is 233 g/mol. The van der Waals surface area contributed by atoms with Crippen LogP contribution in [0.15, 0.2) is 0 Å². The van der Waals surface area contributed by atoms with E-state index in [0.29, 0.717) is 0 Å². The molecule has 0 unspecified atom stereocenters. The van der Waals surface area contributed by atoms with E-state index in [1.54, 1.807) is 13.8 Å². The lowest BCUT2D eigenvalue weighted by Gasteiger charge is -2.22. The minimum atomic E-state index is -1.95. The van der Waals surface area contributed by atoms with Gasteiger partial charge in [0, 0.05) is 7.11 Å². The molecule has 16 heavy (non-hydrogen) atoms. The van der Waals surface area contributed by atoms with E-state index >= 15 is 0 Å². The Morgan fingerprint density at radius 2 is 1.94 bits per heavy atom. The zero-order valence-corrected chi connectivity index (χ0v) is 9.68. The Morgan fingerprint density at radius 3 is 2.50 bits per heavy atom. The van der Waals surface area contributed by atoms with E-state index in [1.807, 2.05) is 0 Å². The number of fused-ring (bicyclic) bond motifs is 1. The Balaban J connectivity index is 2.29. The quantitative estimate of drug-likeness (QED) is 0.628. The Labute approximate surface area is 95.1 Å². The smallest absolute Gasteiger partial charge is 0.337 e. The fourth-order valence-electron chi connectivity index (χ4n) is 1.90. The summed E-state index contributed by atoms with van der Waals surface area (Å²) < 4.78 is 34.0. The van der Waals surface area contributed by atoms with Crippen molar-refractivity contribution in [2.75, 3.05) is 14.2 Å². The first-order valence-electron chi connectivity index (χ1n) is 5.49. The predicted molar refractivity (Wildman–Crippen MR) is 51.5 cm³/mol. The summed E-state index contributed by atoms with van der Waals surface area (Å²) in [5, 5.41) is 0. The van der Waals surface area contributed by atoms with Gasteiger partial charge < -0.3 is 23.7 Å². The molecule has 0 saturated carbocycles.